The first-order chi connectivity index (χ1) is 31.7. The summed E-state index contributed by atoms with van der Waals surface area (Å²) < 4.78 is 6.86. The molecule has 13 aromatic rings. The standard InChI is InChI=1S/C62H39NO/c1-3-11-45-34-48(19-16-40(45)8-1)52-25-24-50-36-47(22-23-51(50)37-52)42-26-30-55(31-27-42)63(59-15-7-14-58-61-57-13-6-5-10-44(57)29-33-60(61)64-62(58)59)56-32-28-43-18-21-53(38-54(43)39-56)49-20-17-41-9-2-4-12-46(41)35-49/h1-39H. The van der Waals surface area contributed by atoms with Gasteiger partial charge in [0.25, 0.3) is 0 Å². The van der Waals surface area contributed by atoms with Crippen LogP contribution in [0.5, 0.6) is 0 Å². The van der Waals surface area contributed by atoms with Crippen molar-refractivity contribution in [3.05, 3.63) is 237 Å². The highest BCUT2D eigenvalue weighted by molar-refractivity contribution is 6.21. The van der Waals surface area contributed by atoms with Gasteiger partial charge in [0.15, 0.2) is 5.58 Å². The normalized spacial score (nSPS) is 11.8. The second-order valence-corrected chi connectivity index (χ2v) is 16.9. The zero-order valence-electron chi connectivity index (χ0n) is 34.9. The Kier molecular flexibility index (Phi) is 8.25. The molecule has 13 rings (SSSR count). The van der Waals surface area contributed by atoms with Crippen LogP contribution >= 0.6 is 0 Å². The predicted molar refractivity (Wildman–Crippen MR) is 272 cm³/mol. The number of hydrogen-bond donors (Lipinski definition) is 0. The minimum Gasteiger partial charge on any atom is -0.454 e. The zero-order chi connectivity index (χ0) is 42.1. The van der Waals surface area contributed by atoms with Crippen LogP contribution in [-0.2, 0) is 0 Å². The molecule has 1 aromatic heterocycles. The Labute approximate surface area is 370 Å². The van der Waals surface area contributed by atoms with Crippen LogP contribution < -0.4 is 4.90 Å². The van der Waals surface area contributed by atoms with Crippen LogP contribution in [-0.4, -0.2) is 0 Å². The molecule has 0 atom stereocenters. The lowest BCUT2D eigenvalue weighted by atomic mass is 9.96. The summed E-state index contributed by atoms with van der Waals surface area (Å²) in [5.41, 5.74) is 12.0. The van der Waals surface area contributed by atoms with Crippen molar-refractivity contribution >= 4 is 92.9 Å². The van der Waals surface area contributed by atoms with Gasteiger partial charge in [-0.25, -0.2) is 0 Å². The van der Waals surface area contributed by atoms with Crippen molar-refractivity contribution in [1.82, 2.24) is 0 Å². The van der Waals surface area contributed by atoms with Gasteiger partial charge >= 0.3 is 0 Å². The molecule has 0 aliphatic heterocycles. The average Bonchev–Trinajstić information content (AvgIpc) is 3.76. The lowest BCUT2D eigenvalue weighted by Crippen LogP contribution is -2.10. The fraction of sp³-hybridized carbons (Fsp3) is 0. The summed E-state index contributed by atoms with van der Waals surface area (Å²) in [5.74, 6) is 0. The van der Waals surface area contributed by atoms with E-state index in [1.165, 1.54) is 81.7 Å². The van der Waals surface area contributed by atoms with Crippen molar-refractivity contribution in [2.75, 3.05) is 4.90 Å². The maximum absolute atomic E-state index is 6.86. The van der Waals surface area contributed by atoms with E-state index < -0.39 is 0 Å². The van der Waals surface area contributed by atoms with Gasteiger partial charge in [-0.3, -0.25) is 0 Å². The molecular weight excluding hydrogens is 775 g/mol. The number of benzene rings is 12. The van der Waals surface area contributed by atoms with Crippen molar-refractivity contribution in [2.45, 2.75) is 0 Å². The third-order valence-electron chi connectivity index (χ3n) is 13.2. The molecule has 0 saturated heterocycles. The minimum atomic E-state index is 0.862. The van der Waals surface area contributed by atoms with E-state index in [0.29, 0.717) is 0 Å². The number of rotatable bonds is 6. The Balaban J connectivity index is 0.917. The summed E-state index contributed by atoms with van der Waals surface area (Å²) >= 11 is 0. The first-order valence-electron chi connectivity index (χ1n) is 22.0. The second-order valence-electron chi connectivity index (χ2n) is 16.9. The zero-order valence-corrected chi connectivity index (χ0v) is 34.9. The second kappa shape index (κ2) is 14.6. The summed E-state index contributed by atoms with van der Waals surface area (Å²) in [4.78, 5) is 2.35. The average molecular weight is 814 g/mol. The van der Waals surface area contributed by atoms with Gasteiger partial charge in [0, 0.05) is 22.1 Å². The third-order valence-corrected chi connectivity index (χ3v) is 13.2. The number of nitrogens with zero attached hydrogens (tertiary/aromatic N) is 1. The fourth-order valence-corrected chi connectivity index (χ4v) is 9.86. The van der Waals surface area contributed by atoms with Crippen molar-refractivity contribution in [1.29, 1.82) is 0 Å². The molecule has 1 heterocycles. The molecule has 0 bridgehead atoms. The Morgan fingerprint density at radius 2 is 0.688 bits per heavy atom. The molecule has 64 heavy (non-hydrogen) atoms. The van der Waals surface area contributed by atoms with Crippen molar-refractivity contribution in [3.63, 3.8) is 0 Å². The number of para-hydroxylation sites is 1. The molecule has 2 nitrogen and oxygen atoms in total. The van der Waals surface area contributed by atoms with E-state index in [-0.39, 0.29) is 0 Å². The first kappa shape index (κ1) is 36.2. The number of hydrogen-bond acceptors (Lipinski definition) is 2. The van der Waals surface area contributed by atoms with Gasteiger partial charge in [-0.15, -0.1) is 0 Å². The van der Waals surface area contributed by atoms with Crippen LogP contribution in [0.4, 0.5) is 17.1 Å². The van der Waals surface area contributed by atoms with Gasteiger partial charge in [-0.1, -0.05) is 170 Å². The van der Waals surface area contributed by atoms with Crippen molar-refractivity contribution in [3.8, 4) is 33.4 Å². The Morgan fingerprint density at radius 1 is 0.266 bits per heavy atom. The van der Waals surface area contributed by atoms with E-state index in [1.54, 1.807) is 0 Å². The Bertz CT molecular complexity index is 3970. The predicted octanol–water partition coefficient (Wildman–Crippen LogP) is 17.8. The molecule has 0 unspecified atom stereocenters. The smallest absolute Gasteiger partial charge is 0.159 e. The van der Waals surface area contributed by atoms with Crippen LogP contribution in [0.15, 0.2) is 241 Å². The first-order valence-corrected chi connectivity index (χ1v) is 22.0. The van der Waals surface area contributed by atoms with Gasteiger partial charge in [-0.2, -0.15) is 0 Å². The van der Waals surface area contributed by atoms with Crippen LogP contribution in [0.1, 0.15) is 0 Å². The van der Waals surface area contributed by atoms with Gasteiger partial charge in [0.2, 0.25) is 0 Å². The van der Waals surface area contributed by atoms with E-state index in [4.69, 9.17) is 4.42 Å². The van der Waals surface area contributed by atoms with Crippen molar-refractivity contribution in [2.24, 2.45) is 0 Å². The molecule has 0 saturated carbocycles. The molecule has 298 valence electrons. The fourth-order valence-electron chi connectivity index (χ4n) is 9.86. The summed E-state index contributed by atoms with van der Waals surface area (Å²) in [6.45, 7) is 0. The molecular formula is C62H39NO. The molecule has 0 spiro atoms. The molecule has 0 fully saturated rings. The summed E-state index contributed by atoms with van der Waals surface area (Å²) in [5, 5.41) is 14.5. The Hall–Kier alpha value is -8.46. The van der Waals surface area contributed by atoms with Gasteiger partial charge in [0.05, 0.1) is 5.69 Å². The maximum Gasteiger partial charge on any atom is 0.159 e. The SMILES string of the molecule is c1ccc2cc(-c3ccc4cc(-c5ccc(N(c6ccc7ccc(-c8ccc9ccccc9c8)cc7c6)c6cccc7c6oc6ccc8ccccc8c67)cc5)ccc4c3)ccc2c1. The quantitative estimate of drug-likeness (QED) is 0.166. The minimum absolute atomic E-state index is 0.862. The highest BCUT2D eigenvalue weighted by Crippen LogP contribution is 2.45. The Morgan fingerprint density at radius 3 is 1.31 bits per heavy atom. The van der Waals surface area contributed by atoms with E-state index in [9.17, 15) is 0 Å². The third kappa shape index (κ3) is 6.11. The van der Waals surface area contributed by atoms with Crippen LogP contribution in [0.3, 0.4) is 0 Å². The van der Waals surface area contributed by atoms with E-state index >= 15 is 0 Å². The summed E-state index contributed by atoms with van der Waals surface area (Å²) in [7, 11) is 0. The summed E-state index contributed by atoms with van der Waals surface area (Å²) in [6.07, 6.45) is 0. The lowest BCUT2D eigenvalue weighted by Gasteiger charge is -2.26. The van der Waals surface area contributed by atoms with E-state index in [1.807, 2.05) is 0 Å². The highest BCUT2D eigenvalue weighted by Gasteiger charge is 2.21. The summed E-state index contributed by atoms with van der Waals surface area (Å²) in [6, 6.07) is 86.1. The van der Waals surface area contributed by atoms with Crippen molar-refractivity contribution < 1.29 is 4.42 Å². The van der Waals surface area contributed by atoms with Crippen LogP contribution in [0.25, 0.3) is 109 Å². The number of furan rings is 1. The van der Waals surface area contributed by atoms with Gasteiger partial charge < -0.3 is 9.32 Å². The molecule has 12 aromatic carbocycles. The number of fused-ring (bicyclic) bond motifs is 9. The van der Waals surface area contributed by atoms with Crippen LogP contribution in [0, 0.1) is 0 Å². The molecule has 0 aliphatic rings. The number of anilines is 3. The lowest BCUT2D eigenvalue weighted by molar-refractivity contribution is 0.669. The molecule has 0 aliphatic carbocycles. The van der Waals surface area contributed by atoms with Gasteiger partial charge in [-0.05, 0) is 154 Å². The largest absolute Gasteiger partial charge is 0.454 e. The highest BCUT2D eigenvalue weighted by atomic mass is 16.3. The van der Waals surface area contributed by atoms with E-state index in [0.717, 1.165) is 44.6 Å². The van der Waals surface area contributed by atoms with Crippen LogP contribution in [0.2, 0.25) is 0 Å². The topological polar surface area (TPSA) is 16.4 Å². The van der Waals surface area contributed by atoms with E-state index in [2.05, 4.69) is 241 Å². The molecule has 0 amide bonds. The molecule has 0 N–H and O–H groups in total. The van der Waals surface area contributed by atoms with Gasteiger partial charge in [0.1, 0.15) is 5.58 Å². The molecule has 2 heteroatoms. The molecule has 0 radical (unpaired) electrons. The monoisotopic (exact) mass is 813 g/mol. The maximum atomic E-state index is 6.86.